The highest BCUT2D eigenvalue weighted by Gasteiger charge is 2.11. The van der Waals surface area contributed by atoms with Crippen LogP contribution in [0.3, 0.4) is 0 Å². The second kappa shape index (κ2) is 13.5. The van der Waals surface area contributed by atoms with E-state index in [4.69, 9.17) is 15.2 Å². The topological polar surface area (TPSA) is 78.6 Å². The van der Waals surface area contributed by atoms with Gasteiger partial charge in [0.05, 0.1) is 12.6 Å². The molecule has 5 nitrogen and oxygen atoms in total. The average Bonchev–Trinajstić information content (AvgIpc) is 2.79. The van der Waals surface area contributed by atoms with Crippen LogP contribution >= 0.6 is 0 Å². The summed E-state index contributed by atoms with van der Waals surface area (Å²) in [7, 11) is 0. The largest absolute Gasteiger partial charge is 0.465 e. The molecule has 0 aromatic heterocycles. The maximum Gasteiger partial charge on any atom is 0.305 e. The molecule has 162 valence electrons. The summed E-state index contributed by atoms with van der Waals surface area (Å²) in [6.07, 6.45) is 4.08. The van der Waals surface area contributed by atoms with Crippen molar-refractivity contribution in [2.75, 3.05) is 13.2 Å². The molecule has 2 aromatic rings. The number of esters is 2. The van der Waals surface area contributed by atoms with Crippen molar-refractivity contribution in [3.8, 4) is 0 Å². The highest BCUT2D eigenvalue weighted by molar-refractivity contribution is 5.69. The lowest BCUT2D eigenvalue weighted by molar-refractivity contribution is -0.145. The molecule has 2 N–H and O–H groups in total. The van der Waals surface area contributed by atoms with Crippen LogP contribution in [0.4, 0.5) is 0 Å². The number of rotatable bonds is 13. The maximum absolute atomic E-state index is 11.9. The van der Waals surface area contributed by atoms with Crippen LogP contribution in [0.2, 0.25) is 0 Å². The van der Waals surface area contributed by atoms with E-state index in [0.717, 1.165) is 31.2 Å². The van der Waals surface area contributed by atoms with Crippen molar-refractivity contribution < 1.29 is 19.1 Å². The van der Waals surface area contributed by atoms with Crippen molar-refractivity contribution in [1.29, 1.82) is 0 Å². The van der Waals surface area contributed by atoms with E-state index < -0.39 is 0 Å². The van der Waals surface area contributed by atoms with Crippen LogP contribution < -0.4 is 5.73 Å². The third-order valence-corrected chi connectivity index (χ3v) is 5.03. The summed E-state index contributed by atoms with van der Waals surface area (Å²) < 4.78 is 10.6. The first-order valence-electron chi connectivity index (χ1n) is 10.7. The van der Waals surface area contributed by atoms with E-state index >= 15 is 0 Å². The maximum atomic E-state index is 11.9. The van der Waals surface area contributed by atoms with Gasteiger partial charge in [0.1, 0.15) is 6.61 Å². The van der Waals surface area contributed by atoms with Crippen LogP contribution in [0.1, 0.15) is 68.5 Å². The third kappa shape index (κ3) is 9.23. The average molecular weight is 412 g/mol. The Morgan fingerprint density at radius 1 is 0.733 bits per heavy atom. The molecule has 2 atom stereocenters. The molecule has 2 aromatic carbocycles. The van der Waals surface area contributed by atoms with E-state index in [1.54, 1.807) is 0 Å². The fraction of sp³-hybridized carbons (Fsp3) is 0.440. The molecule has 5 heteroatoms. The lowest BCUT2D eigenvalue weighted by Gasteiger charge is -2.13. The van der Waals surface area contributed by atoms with Crippen molar-refractivity contribution in [3.63, 3.8) is 0 Å². The van der Waals surface area contributed by atoms with Crippen LogP contribution in [0, 0.1) is 0 Å². The van der Waals surface area contributed by atoms with Gasteiger partial charge in [-0.3, -0.25) is 9.59 Å². The summed E-state index contributed by atoms with van der Waals surface area (Å²) in [5, 5.41) is 0. The van der Waals surface area contributed by atoms with Crippen LogP contribution in [0.5, 0.6) is 0 Å². The lowest BCUT2D eigenvalue weighted by atomic mass is 10.0. The molecule has 0 fully saturated rings. The van der Waals surface area contributed by atoms with E-state index in [-0.39, 0.29) is 30.5 Å². The molecular weight excluding hydrogens is 378 g/mol. The Morgan fingerprint density at radius 2 is 1.20 bits per heavy atom. The number of nitrogens with two attached hydrogens (primary N) is 1. The van der Waals surface area contributed by atoms with E-state index in [1.165, 1.54) is 5.56 Å². The first-order valence-corrected chi connectivity index (χ1v) is 10.7. The van der Waals surface area contributed by atoms with Crippen LogP contribution in [-0.2, 0) is 19.1 Å². The van der Waals surface area contributed by atoms with E-state index in [9.17, 15) is 9.59 Å². The van der Waals surface area contributed by atoms with Gasteiger partial charge in [0.15, 0.2) is 0 Å². The molecule has 0 aliphatic rings. The molecule has 2 rings (SSSR count). The van der Waals surface area contributed by atoms with E-state index in [2.05, 4.69) is 6.92 Å². The lowest BCUT2D eigenvalue weighted by Crippen LogP contribution is -2.19. The standard InChI is InChI=1S/C25H33NO4/c1-20(21-12-6-4-7-13-21)18-29-24(27)16-10-2-3-11-17-25(28)30-19-23(26)22-14-8-5-9-15-22/h4-9,12-15,20,23H,2-3,10-11,16-19,26H2,1H3. The Labute approximate surface area is 179 Å². The summed E-state index contributed by atoms with van der Waals surface area (Å²) in [6.45, 7) is 2.64. The summed E-state index contributed by atoms with van der Waals surface area (Å²) in [6, 6.07) is 19.3. The molecule has 0 saturated heterocycles. The number of hydrogen-bond acceptors (Lipinski definition) is 5. The fourth-order valence-electron chi connectivity index (χ4n) is 3.11. The van der Waals surface area contributed by atoms with Gasteiger partial charge >= 0.3 is 11.9 Å². The number of carbonyl (C=O) groups is 2. The zero-order valence-corrected chi connectivity index (χ0v) is 17.8. The Hall–Kier alpha value is -2.66. The monoisotopic (exact) mass is 411 g/mol. The van der Waals surface area contributed by atoms with Crippen molar-refractivity contribution in [2.24, 2.45) is 5.73 Å². The molecule has 30 heavy (non-hydrogen) atoms. The summed E-state index contributed by atoms with van der Waals surface area (Å²) in [5.41, 5.74) is 8.14. The van der Waals surface area contributed by atoms with Crippen LogP contribution in [0.25, 0.3) is 0 Å². The molecule has 0 spiro atoms. The molecule has 0 bridgehead atoms. The Morgan fingerprint density at radius 3 is 1.73 bits per heavy atom. The van der Waals surface area contributed by atoms with Gasteiger partial charge in [-0.05, 0) is 24.0 Å². The number of carbonyl (C=O) groups excluding carboxylic acids is 2. The minimum Gasteiger partial charge on any atom is -0.465 e. The van der Waals surface area contributed by atoms with Crippen molar-refractivity contribution in [3.05, 3.63) is 71.8 Å². The van der Waals surface area contributed by atoms with E-state index in [0.29, 0.717) is 19.4 Å². The van der Waals surface area contributed by atoms with Gasteiger partial charge in [0, 0.05) is 18.8 Å². The number of unbranched alkanes of at least 4 members (excludes halogenated alkanes) is 3. The number of benzene rings is 2. The smallest absolute Gasteiger partial charge is 0.305 e. The summed E-state index contributed by atoms with van der Waals surface area (Å²) in [4.78, 5) is 23.7. The Bertz CT molecular complexity index is 683. The second-order valence-corrected chi connectivity index (χ2v) is 7.61. The first-order chi connectivity index (χ1) is 14.6. The minimum absolute atomic E-state index is 0.160. The molecule has 0 saturated carbocycles. The zero-order chi connectivity index (χ0) is 21.6. The predicted octanol–water partition coefficient (Wildman–Crippen LogP) is 4.92. The molecule has 2 unspecified atom stereocenters. The van der Waals surface area contributed by atoms with Gasteiger partial charge in [0.25, 0.3) is 0 Å². The van der Waals surface area contributed by atoms with Crippen LogP contribution in [0.15, 0.2) is 60.7 Å². The third-order valence-electron chi connectivity index (χ3n) is 5.03. The molecular formula is C25H33NO4. The first kappa shape index (κ1) is 23.6. The number of hydrogen-bond donors (Lipinski definition) is 1. The second-order valence-electron chi connectivity index (χ2n) is 7.61. The van der Waals surface area contributed by atoms with Crippen LogP contribution in [-0.4, -0.2) is 25.2 Å². The molecule has 0 amide bonds. The van der Waals surface area contributed by atoms with Crippen molar-refractivity contribution in [1.82, 2.24) is 0 Å². The molecule has 0 heterocycles. The summed E-state index contributed by atoms with van der Waals surface area (Å²) in [5.74, 6) is -0.195. The Kier molecular flexibility index (Phi) is 10.7. The molecule has 0 aliphatic heterocycles. The highest BCUT2D eigenvalue weighted by Crippen LogP contribution is 2.15. The quantitative estimate of drug-likeness (QED) is 0.374. The van der Waals surface area contributed by atoms with Gasteiger partial charge in [-0.1, -0.05) is 80.4 Å². The predicted molar refractivity (Wildman–Crippen MR) is 118 cm³/mol. The highest BCUT2D eigenvalue weighted by atomic mass is 16.5. The molecule has 0 radical (unpaired) electrons. The van der Waals surface area contributed by atoms with Gasteiger partial charge in [-0.25, -0.2) is 0 Å². The fourth-order valence-corrected chi connectivity index (χ4v) is 3.11. The van der Waals surface area contributed by atoms with Gasteiger partial charge in [-0.2, -0.15) is 0 Å². The Balaban J connectivity index is 1.47. The normalized spacial score (nSPS) is 12.7. The van der Waals surface area contributed by atoms with Crippen molar-refractivity contribution in [2.45, 2.75) is 57.4 Å². The van der Waals surface area contributed by atoms with Crippen molar-refractivity contribution >= 4 is 11.9 Å². The zero-order valence-electron chi connectivity index (χ0n) is 17.8. The van der Waals surface area contributed by atoms with Gasteiger partial charge in [0.2, 0.25) is 0 Å². The SMILES string of the molecule is CC(COC(=O)CCCCCCC(=O)OCC(N)c1ccccc1)c1ccccc1. The molecule has 0 aliphatic carbocycles. The summed E-state index contributed by atoms with van der Waals surface area (Å²) >= 11 is 0. The van der Waals surface area contributed by atoms with Gasteiger partial charge in [-0.15, -0.1) is 0 Å². The number of ether oxygens (including phenoxy) is 2. The minimum atomic E-state index is -0.300. The van der Waals surface area contributed by atoms with Gasteiger partial charge < -0.3 is 15.2 Å². The van der Waals surface area contributed by atoms with E-state index in [1.807, 2.05) is 60.7 Å².